The lowest BCUT2D eigenvalue weighted by Gasteiger charge is -2.22. The van der Waals surface area contributed by atoms with Gasteiger partial charge in [0.25, 0.3) is 5.91 Å². The number of carbonyl (C=O) groups excluding carboxylic acids is 3. The van der Waals surface area contributed by atoms with Crippen LogP contribution in [0.15, 0.2) is 53.9 Å². The molecule has 2 aromatic carbocycles. The average molecular weight is 463 g/mol. The molecule has 33 heavy (non-hydrogen) atoms. The second kappa shape index (κ2) is 9.15. The second-order valence-electron chi connectivity index (χ2n) is 8.36. The standard InChI is InChI=1S/C25H26N4O3S/c1-16-4-10-20(11-5-16)25(3)23(31)29(24(32)28-25)14-22(30)26-13-12-18-6-8-19(9-7-18)21-15-33-17(2)27-21/h4-11,15H,12-14H2,1-3H3,(H,26,30)(H,28,32)/t25-/m1/s1. The molecular formula is C25H26N4O3S. The molecule has 0 radical (unpaired) electrons. The maximum absolute atomic E-state index is 13.0. The highest BCUT2D eigenvalue weighted by Crippen LogP contribution is 2.29. The number of carbonyl (C=O) groups is 3. The van der Waals surface area contributed by atoms with E-state index in [0.29, 0.717) is 18.5 Å². The van der Waals surface area contributed by atoms with Crippen LogP contribution in [0.25, 0.3) is 11.3 Å². The van der Waals surface area contributed by atoms with Gasteiger partial charge in [-0.15, -0.1) is 11.3 Å². The summed E-state index contributed by atoms with van der Waals surface area (Å²) >= 11 is 1.62. The van der Waals surface area contributed by atoms with Crippen LogP contribution in [0.2, 0.25) is 0 Å². The summed E-state index contributed by atoms with van der Waals surface area (Å²) in [5, 5.41) is 8.59. The fourth-order valence-corrected chi connectivity index (χ4v) is 4.43. The van der Waals surface area contributed by atoms with Crippen molar-refractivity contribution < 1.29 is 14.4 Å². The van der Waals surface area contributed by atoms with Crippen LogP contribution in [0, 0.1) is 13.8 Å². The topological polar surface area (TPSA) is 91.4 Å². The second-order valence-corrected chi connectivity index (χ2v) is 9.42. The molecule has 1 aliphatic rings. The van der Waals surface area contributed by atoms with Gasteiger partial charge in [-0.1, -0.05) is 54.1 Å². The molecule has 4 amide bonds. The van der Waals surface area contributed by atoms with Crippen molar-refractivity contribution in [1.29, 1.82) is 0 Å². The third kappa shape index (κ3) is 4.80. The molecule has 0 bridgehead atoms. The number of benzene rings is 2. The first kappa shape index (κ1) is 22.7. The highest BCUT2D eigenvalue weighted by Gasteiger charge is 2.49. The minimum atomic E-state index is -1.18. The van der Waals surface area contributed by atoms with Crippen LogP contribution in [0.3, 0.4) is 0 Å². The summed E-state index contributed by atoms with van der Waals surface area (Å²) in [5.41, 5.74) is 3.66. The van der Waals surface area contributed by atoms with Crippen LogP contribution in [0.1, 0.15) is 28.6 Å². The highest BCUT2D eigenvalue weighted by atomic mass is 32.1. The number of nitrogens with zero attached hydrogens (tertiary/aromatic N) is 2. The lowest BCUT2D eigenvalue weighted by atomic mass is 9.91. The Balaban J connectivity index is 1.30. The summed E-state index contributed by atoms with van der Waals surface area (Å²) in [4.78, 5) is 43.3. The molecule has 4 rings (SSSR count). The van der Waals surface area contributed by atoms with Gasteiger partial charge >= 0.3 is 6.03 Å². The monoisotopic (exact) mass is 462 g/mol. The van der Waals surface area contributed by atoms with Gasteiger partial charge in [-0.25, -0.2) is 9.78 Å². The van der Waals surface area contributed by atoms with Crippen LogP contribution in [0.4, 0.5) is 4.79 Å². The molecule has 1 fully saturated rings. The minimum absolute atomic E-state index is 0.311. The van der Waals surface area contributed by atoms with Crippen LogP contribution >= 0.6 is 11.3 Å². The third-order valence-corrected chi connectivity index (χ3v) is 6.58. The molecule has 0 spiro atoms. The molecule has 1 saturated heterocycles. The van der Waals surface area contributed by atoms with Crippen molar-refractivity contribution >= 4 is 29.2 Å². The van der Waals surface area contributed by atoms with Crippen molar-refractivity contribution in [3.8, 4) is 11.3 Å². The van der Waals surface area contributed by atoms with Gasteiger partial charge in [0.1, 0.15) is 12.1 Å². The number of aryl methyl sites for hydroxylation is 2. The van der Waals surface area contributed by atoms with E-state index >= 15 is 0 Å². The lowest BCUT2D eigenvalue weighted by molar-refractivity contribution is -0.134. The number of urea groups is 1. The minimum Gasteiger partial charge on any atom is -0.354 e. The van der Waals surface area contributed by atoms with Gasteiger partial charge in [0.2, 0.25) is 5.91 Å². The fraction of sp³-hybridized carbons (Fsp3) is 0.280. The molecule has 2 N–H and O–H groups in total. The summed E-state index contributed by atoms with van der Waals surface area (Å²) in [7, 11) is 0. The SMILES string of the molecule is Cc1ccc([C@@]2(C)NC(=O)N(CC(=O)NCCc3ccc(-c4csc(C)n4)cc3)C2=O)cc1. The van der Waals surface area contributed by atoms with E-state index in [1.807, 2.05) is 67.8 Å². The van der Waals surface area contributed by atoms with Gasteiger partial charge in [-0.3, -0.25) is 14.5 Å². The number of rotatable bonds is 7. The molecule has 1 atom stereocenters. The van der Waals surface area contributed by atoms with Crippen molar-refractivity contribution in [2.45, 2.75) is 32.7 Å². The summed E-state index contributed by atoms with van der Waals surface area (Å²) in [5.74, 6) is -0.805. The van der Waals surface area contributed by atoms with E-state index in [2.05, 4.69) is 15.6 Å². The van der Waals surface area contributed by atoms with E-state index in [9.17, 15) is 14.4 Å². The van der Waals surface area contributed by atoms with Crippen molar-refractivity contribution in [1.82, 2.24) is 20.5 Å². The number of aromatic nitrogens is 1. The van der Waals surface area contributed by atoms with Gasteiger partial charge in [0.05, 0.1) is 10.7 Å². The molecule has 0 saturated carbocycles. The van der Waals surface area contributed by atoms with Crippen LogP contribution in [0.5, 0.6) is 0 Å². The Kier molecular flexibility index (Phi) is 6.29. The Bertz CT molecular complexity index is 1190. The van der Waals surface area contributed by atoms with Gasteiger partial charge in [0, 0.05) is 17.5 Å². The molecule has 8 heteroatoms. The molecule has 7 nitrogen and oxygen atoms in total. The number of nitrogens with one attached hydrogen (secondary N) is 2. The average Bonchev–Trinajstić information content (AvgIpc) is 3.32. The molecule has 0 aliphatic carbocycles. The number of imide groups is 1. The van der Waals surface area contributed by atoms with E-state index < -0.39 is 17.5 Å². The summed E-state index contributed by atoms with van der Waals surface area (Å²) in [6.45, 7) is 5.69. The fourth-order valence-electron chi connectivity index (χ4n) is 3.81. The van der Waals surface area contributed by atoms with E-state index in [4.69, 9.17) is 0 Å². The zero-order valence-corrected chi connectivity index (χ0v) is 19.7. The number of thiazole rings is 1. The van der Waals surface area contributed by atoms with Crippen molar-refractivity contribution in [3.63, 3.8) is 0 Å². The van der Waals surface area contributed by atoms with Crippen LogP contribution in [-0.2, 0) is 21.5 Å². The first-order valence-corrected chi connectivity index (χ1v) is 11.6. The van der Waals surface area contributed by atoms with Crippen LogP contribution < -0.4 is 10.6 Å². The molecule has 170 valence electrons. The maximum atomic E-state index is 13.0. The molecule has 2 heterocycles. The number of hydrogen-bond donors (Lipinski definition) is 2. The van der Waals surface area contributed by atoms with Crippen molar-refractivity contribution in [2.24, 2.45) is 0 Å². The Morgan fingerprint density at radius 2 is 1.79 bits per heavy atom. The van der Waals surface area contributed by atoms with Gasteiger partial charge in [-0.2, -0.15) is 0 Å². The normalized spacial score (nSPS) is 17.8. The maximum Gasteiger partial charge on any atom is 0.325 e. The first-order valence-electron chi connectivity index (χ1n) is 10.8. The van der Waals surface area contributed by atoms with E-state index in [0.717, 1.165) is 32.3 Å². The highest BCUT2D eigenvalue weighted by molar-refractivity contribution is 7.09. The third-order valence-electron chi connectivity index (χ3n) is 5.81. The summed E-state index contributed by atoms with van der Waals surface area (Å²) < 4.78 is 0. The Labute approximate surface area is 196 Å². The quantitative estimate of drug-likeness (QED) is 0.526. The Morgan fingerprint density at radius 1 is 1.09 bits per heavy atom. The van der Waals surface area contributed by atoms with Gasteiger partial charge in [-0.05, 0) is 38.3 Å². The van der Waals surface area contributed by atoms with E-state index in [1.54, 1.807) is 18.3 Å². The summed E-state index contributed by atoms with van der Waals surface area (Å²) in [6.07, 6.45) is 0.642. The van der Waals surface area contributed by atoms with Crippen molar-refractivity contribution in [2.75, 3.05) is 13.1 Å². The van der Waals surface area contributed by atoms with Crippen molar-refractivity contribution in [3.05, 3.63) is 75.6 Å². The largest absolute Gasteiger partial charge is 0.354 e. The van der Waals surface area contributed by atoms with E-state index in [1.165, 1.54) is 0 Å². The number of amides is 4. The Morgan fingerprint density at radius 3 is 2.42 bits per heavy atom. The zero-order chi connectivity index (χ0) is 23.6. The molecular weight excluding hydrogens is 436 g/mol. The van der Waals surface area contributed by atoms with Gasteiger partial charge < -0.3 is 10.6 Å². The van der Waals surface area contributed by atoms with E-state index in [-0.39, 0.29) is 12.5 Å². The van der Waals surface area contributed by atoms with Gasteiger partial charge in [0.15, 0.2) is 0 Å². The molecule has 1 aromatic heterocycles. The first-order chi connectivity index (χ1) is 15.8. The lowest BCUT2D eigenvalue weighted by Crippen LogP contribution is -2.43. The predicted molar refractivity (Wildman–Crippen MR) is 128 cm³/mol. The number of hydrogen-bond acceptors (Lipinski definition) is 5. The zero-order valence-electron chi connectivity index (χ0n) is 18.8. The smallest absolute Gasteiger partial charge is 0.325 e. The summed E-state index contributed by atoms with van der Waals surface area (Å²) in [6, 6.07) is 14.9. The molecule has 3 aromatic rings. The van der Waals surface area contributed by atoms with Crippen LogP contribution in [-0.4, -0.2) is 40.8 Å². The predicted octanol–water partition coefficient (Wildman–Crippen LogP) is 3.55. The molecule has 1 aliphatic heterocycles. The Hall–Kier alpha value is -3.52. The molecule has 0 unspecified atom stereocenters.